The van der Waals surface area contributed by atoms with E-state index in [1.54, 1.807) is 0 Å². The number of esters is 4. The Labute approximate surface area is 580 Å². The molecule has 0 aromatic carbocycles. The van der Waals surface area contributed by atoms with Gasteiger partial charge in [0.15, 0.2) is 12.2 Å². The van der Waals surface area contributed by atoms with E-state index in [9.17, 15) is 43.2 Å². The van der Waals surface area contributed by atoms with Crippen molar-refractivity contribution >= 4 is 39.5 Å². The number of allylic oxidation sites excluding steroid dienone is 4. The van der Waals surface area contributed by atoms with Crippen molar-refractivity contribution in [2.45, 2.75) is 393 Å². The molecular formula is C76H144O17P2. The van der Waals surface area contributed by atoms with Gasteiger partial charge >= 0.3 is 39.5 Å². The molecular weight excluding hydrogens is 1250 g/mol. The standard InChI is InChI=1S/C76H144O17P2/c1-6-9-12-15-18-20-22-24-28-33-36-40-45-50-55-60-74(79)87-66-72(93-76(81)62-57-52-47-42-38-34-30-27-26-29-31-35-39-44-48-53-58-69(4)5)68-91-95(84,85)89-64-70(77)63-88-94(82,83)90-67-71(65-86-73(78)59-54-49-43-17-14-11-8-3)92-75(80)61-56-51-46-41-37-32-25-23-21-19-16-13-10-7-2/h20,22,24,28,69-72,77H,6-19,21,23,25-27,29-68H2,1-5H3,(H,82,83)(H,84,85)/b22-20-,28-24-/t70-,71+,72+/m0/s1. The maximum Gasteiger partial charge on any atom is 0.472 e. The first-order valence-electron chi connectivity index (χ1n) is 39.0. The SMILES string of the molecule is CCCCCC/C=C\C=C/CCCCCCCC(=O)OC[C@H](COP(=O)(O)OC[C@@H](O)COP(=O)(O)OC[C@@H](COC(=O)CCCCCCCCC)OC(=O)CCCCCCCCCCCCCCCC)OC(=O)CCCCCCCCCCCCCCCCCCC(C)C. The number of rotatable bonds is 74. The molecule has 5 atom stereocenters. The van der Waals surface area contributed by atoms with E-state index in [0.717, 1.165) is 128 Å². The lowest BCUT2D eigenvalue weighted by molar-refractivity contribution is -0.161. The number of hydrogen-bond donors (Lipinski definition) is 3. The zero-order valence-corrected chi connectivity index (χ0v) is 63.1. The van der Waals surface area contributed by atoms with Crippen molar-refractivity contribution in [1.82, 2.24) is 0 Å². The number of ether oxygens (including phenoxy) is 4. The Hall–Kier alpha value is -2.46. The van der Waals surface area contributed by atoms with Gasteiger partial charge in [0.25, 0.3) is 0 Å². The normalized spacial score (nSPS) is 14.1. The van der Waals surface area contributed by atoms with Gasteiger partial charge in [0.05, 0.1) is 26.4 Å². The molecule has 0 spiro atoms. The number of hydrogen-bond acceptors (Lipinski definition) is 15. The van der Waals surface area contributed by atoms with Crippen molar-refractivity contribution in [3.8, 4) is 0 Å². The zero-order valence-electron chi connectivity index (χ0n) is 61.3. The highest BCUT2D eigenvalue weighted by Gasteiger charge is 2.30. The topological polar surface area (TPSA) is 237 Å². The monoisotopic (exact) mass is 1390 g/mol. The average molecular weight is 1390 g/mol. The molecule has 0 aliphatic carbocycles. The van der Waals surface area contributed by atoms with E-state index in [2.05, 4.69) is 58.9 Å². The highest BCUT2D eigenvalue weighted by atomic mass is 31.2. The van der Waals surface area contributed by atoms with Crippen LogP contribution in [0.15, 0.2) is 24.3 Å². The average Bonchev–Trinajstić information content (AvgIpc) is 1.40. The van der Waals surface area contributed by atoms with Crippen LogP contribution >= 0.6 is 15.6 Å². The summed E-state index contributed by atoms with van der Waals surface area (Å²) >= 11 is 0. The minimum Gasteiger partial charge on any atom is -0.462 e. The molecule has 0 saturated carbocycles. The molecule has 95 heavy (non-hydrogen) atoms. The molecule has 0 aliphatic heterocycles. The summed E-state index contributed by atoms with van der Waals surface area (Å²) in [6.45, 7) is 7.22. The molecule has 0 aliphatic rings. The van der Waals surface area contributed by atoms with Crippen molar-refractivity contribution in [1.29, 1.82) is 0 Å². The molecule has 0 fully saturated rings. The minimum absolute atomic E-state index is 0.101. The highest BCUT2D eigenvalue weighted by molar-refractivity contribution is 7.47. The molecule has 0 aromatic heterocycles. The quantitative estimate of drug-likeness (QED) is 0.0169. The second-order valence-electron chi connectivity index (χ2n) is 27.2. The Morgan fingerprint density at radius 2 is 0.568 bits per heavy atom. The summed E-state index contributed by atoms with van der Waals surface area (Å²) in [4.78, 5) is 72.6. The van der Waals surface area contributed by atoms with E-state index in [1.807, 2.05) is 0 Å². The third kappa shape index (κ3) is 69.8. The fourth-order valence-corrected chi connectivity index (χ4v) is 12.7. The minimum atomic E-state index is -4.96. The number of aliphatic hydroxyl groups is 1. The molecule has 2 unspecified atom stereocenters. The maximum absolute atomic E-state index is 13.1. The Morgan fingerprint density at radius 3 is 0.863 bits per heavy atom. The first kappa shape index (κ1) is 92.5. The Balaban J connectivity index is 5.22. The van der Waals surface area contributed by atoms with Crippen LogP contribution < -0.4 is 0 Å². The Kier molecular flexibility index (Phi) is 66.9. The van der Waals surface area contributed by atoms with E-state index in [1.165, 1.54) is 167 Å². The van der Waals surface area contributed by atoms with E-state index < -0.39 is 97.5 Å². The van der Waals surface area contributed by atoms with E-state index in [4.69, 9.17) is 37.0 Å². The smallest absolute Gasteiger partial charge is 0.462 e. The number of phosphoric ester groups is 2. The summed E-state index contributed by atoms with van der Waals surface area (Å²) in [6.07, 6.45) is 60.5. The molecule has 560 valence electrons. The van der Waals surface area contributed by atoms with Crippen LogP contribution in [0, 0.1) is 5.92 Å². The molecule has 0 aromatic rings. The summed E-state index contributed by atoms with van der Waals surface area (Å²) in [7, 11) is -9.92. The van der Waals surface area contributed by atoms with Crippen LogP contribution in [0.25, 0.3) is 0 Å². The van der Waals surface area contributed by atoms with Crippen molar-refractivity contribution in [2.24, 2.45) is 5.92 Å². The summed E-state index contributed by atoms with van der Waals surface area (Å²) in [5.74, 6) is -1.34. The molecule has 0 bridgehead atoms. The third-order valence-corrected chi connectivity index (χ3v) is 19.1. The van der Waals surface area contributed by atoms with E-state index in [-0.39, 0.29) is 25.7 Å². The second-order valence-corrected chi connectivity index (χ2v) is 30.1. The lowest BCUT2D eigenvalue weighted by Crippen LogP contribution is -2.30. The molecule has 0 amide bonds. The van der Waals surface area contributed by atoms with Gasteiger partial charge in [-0.3, -0.25) is 37.3 Å². The van der Waals surface area contributed by atoms with Crippen LogP contribution in [0.3, 0.4) is 0 Å². The van der Waals surface area contributed by atoms with Gasteiger partial charge in [-0.15, -0.1) is 0 Å². The van der Waals surface area contributed by atoms with Gasteiger partial charge in [0, 0.05) is 25.7 Å². The predicted molar refractivity (Wildman–Crippen MR) is 386 cm³/mol. The van der Waals surface area contributed by atoms with Crippen molar-refractivity contribution in [2.75, 3.05) is 39.6 Å². The van der Waals surface area contributed by atoms with Gasteiger partial charge in [-0.2, -0.15) is 0 Å². The lowest BCUT2D eigenvalue weighted by atomic mass is 10.0. The van der Waals surface area contributed by atoms with Crippen molar-refractivity contribution in [3.63, 3.8) is 0 Å². The zero-order chi connectivity index (χ0) is 69.8. The second kappa shape index (κ2) is 68.7. The van der Waals surface area contributed by atoms with Gasteiger partial charge < -0.3 is 33.8 Å². The number of phosphoric acid groups is 2. The number of unbranched alkanes of at least 4 members (excludes halogenated alkanes) is 43. The first-order chi connectivity index (χ1) is 46.0. The van der Waals surface area contributed by atoms with Crippen molar-refractivity contribution in [3.05, 3.63) is 24.3 Å². The summed E-state index contributed by atoms with van der Waals surface area (Å²) in [5, 5.41) is 10.6. The number of aliphatic hydroxyl groups excluding tert-OH is 1. The van der Waals surface area contributed by atoms with Crippen LogP contribution in [-0.2, 0) is 65.4 Å². The maximum atomic E-state index is 13.1. The third-order valence-electron chi connectivity index (χ3n) is 17.2. The van der Waals surface area contributed by atoms with Crippen molar-refractivity contribution < 1.29 is 80.2 Å². The molecule has 17 nitrogen and oxygen atoms in total. The molecule has 0 heterocycles. The number of carbonyl (C=O) groups excluding carboxylic acids is 4. The molecule has 0 radical (unpaired) electrons. The highest BCUT2D eigenvalue weighted by Crippen LogP contribution is 2.45. The summed E-state index contributed by atoms with van der Waals surface area (Å²) in [5.41, 5.74) is 0. The summed E-state index contributed by atoms with van der Waals surface area (Å²) in [6, 6.07) is 0. The van der Waals surface area contributed by atoms with Crippen LogP contribution in [0.4, 0.5) is 0 Å². The molecule has 3 N–H and O–H groups in total. The van der Waals surface area contributed by atoms with Gasteiger partial charge in [0.1, 0.15) is 19.3 Å². The van der Waals surface area contributed by atoms with Gasteiger partial charge in [0.2, 0.25) is 0 Å². The van der Waals surface area contributed by atoms with E-state index in [0.29, 0.717) is 25.7 Å². The van der Waals surface area contributed by atoms with Crippen LogP contribution in [0.5, 0.6) is 0 Å². The Morgan fingerprint density at radius 1 is 0.326 bits per heavy atom. The van der Waals surface area contributed by atoms with Crippen LogP contribution in [0.2, 0.25) is 0 Å². The lowest BCUT2D eigenvalue weighted by Gasteiger charge is -2.21. The molecule has 0 saturated heterocycles. The largest absolute Gasteiger partial charge is 0.472 e. The summed E-state index contributed by atoms with van der Waals surface area (Å²) < 4.78 is 68.4. The van der Waals surface area contributed by atoms with Gasteiger partial charge in [-0.05, 0) is 57.3 Å². The molecule has 19 heteroatoms. The number of carbonyl (C=O) groups is 4. The fourth-order valence-electron chi connectivity index (χ4n) is 11.2. The van der Waals surface area contributed by atoms with Crippen LogP contribution in [0.1, 0.15) is 375 Å². The first-order valence-corrected chi connectivity index (χ1v) is 41.9. The Bertz CT molecular complexity index is 1920. The fraction of sp³-hybridized carbons (Fsp3) is 0.895. The molecule has 0 rings (SSSR count). The predicted octanol–water partition coefficient (Wildman–Crippen LogP) is 22.0. The van der Waals surface area contributed by atoms with Crippen LogP contribution in [-0.4, -0.2) is 96.7 Å². The van der Waals surface area contributed by atoms with Gasteiger partial charge in [-0.1, -0.05) is 322 Å². The van der Waals surface area contributed by atoms with E-state index >= 15 is 0 Å². The van der Waals surface area contributed by atoms with Gasteiger partial charge in [-0.25, -0.2) is 9.13 Å².